The molecule has 4 heterocycles. The lowest BCUT2D eigenvalue weighted by atomic mass is 9.57. The van der Waals surface area contributed by atoms with Crippen LogP contribution >= 0.6 is 0 Å². The van der Waals surface area contributed by atoms with E-state index in [2.05, 4.69) is 26.8 Å². The van der Waals surface area contributed by atoms with Gasteiger partial charge in [0.1, 0.15) is 17.5 Å². The van der Waals surface area contributed by atoms with Gasteiger partial charge < -0.3 is 18.9 Å². The molecular formula is C30H42O6. The number of allylic oxidation sites excluding steroid dienone is 1. The van der Waals surface area contributed by atoms with Gasteiger partial charge in [-0.05, 0) is 74.7 Å². The van der Waals surface area contributed by atoms with Crippen LogP contribution in [-0.4, -0.2) is 35.5 Å². The number of carbonyl (C=O) groups is 2. The van der Waals surface area contributed by atoms with Crippen molar-refractivity contribution in [2.24, 2.45) is 34.5 Å². The van der Waals surface area contributed by atoms with Crippen molar-refractivity contribution in [3.63, 3.8) is 0 Å². The fourth-order valence-corrected chi connectivity index (χ4v) is 9.17. The van der Waals surface area contributed by atoms with Crippen molar-refractivity contribution in [1.29, 1.82) is 0 Å². The van der Waals surface area contributed by atoms with E-state index < -0.39 is 11.4 Å². The first kappa shape index (κ1) is 24.5. The highest BCUT2D eigenvalue weighted by Gasteiger charge is 2.65. The lowest BCUT2D eigenvalue weighted by Gasteiger charge is -2.50. The summed E-state index contributed by atoms with van der Waals surface area (Å²) in [6, 6.07) is 0. The Morgan fingerprint density at radius 3 is 2.44 bits per heavy atom. The SMILES string of the molecule is CC1CC2(CC(C)C3C(CC4(C)CCCC5C6=CC(CCC34C)OC6=CC(=O)OC5(C)C)O2)OC1=O. The molecule has 2 aliphatic carbocycles. The first-order valence-electron chi connectivity index (χ1n) is 14.1. The summed E-state index contributed by atoms with van der Waals surface area (Å²) in [4.78, 5) is 24.8. The molecule has 0 N–H and O–H groups in total. The zero-order valence-electron chi connectivity index (χ0n) is 22.7. The lowest BCUT2D eigenvalue weighted by Crippen LogP contribution is -2.50. The minimum atomic E-state index is -0.740. The van der Waals surface area contributed by atoms with Crippen LogP contribution in [0.5, 0.6) is 0 Å². The fraction of sp³-hybridized carbons (Fsp3) is 0.800. The van der Waals surface area contributed by atoms with Gasteiger partial charge in [0.15, 0.2) is 0 Å². The van der Waals surface area contributed by atoms with Crippen LogP contribution in [0.25, 0.3) is 0 Å². The molecule has 4 aliphatic heterocycles. The van der Waals surface area contributed by atoms with Crippen LogP contribution in [0.1, 0.15) is 92.9 Å². The third-order valence-corrected chi connectivity index (χ3v) is 11.0. The molecule has 3 fully saturated rings. The molecule has 9 atom stereocenters. The lowest BCUT2D eigenvalue weighted by molar-refractivity contribution is -0.276. The summed E-state index contributed by atoms with van der Waals surface area (Å²) in [6.45, 7) is 13.3. The summed E-state index contributed by atoms with van der Waals surface area (Å²) in [5, 5.41) is 0. The highest BCUT2D eigenvalue weighted by atomic mass is 16.7. The topological polar surface area (TPSA) is 71.1 Å². The van der Waals surface area contributed by atoms with Crippen LogP contribution in [0.15, 0.2) is 23.5 Å². The smallest absolute Gasteiger partial charge is 0.335 e. The zero-order chi connectivity index (χ0) is 25.7. The number of cyclic esters (lactones) is 1. The van der Waals surface area contributed by atoms with Crippen molar-refractivity contribution in [2.75, 3.05) is 0 Å². The Morgan fingerprint density at radius 1 is 0.944 bits per heavy atom. The fourth-order valence-electron chi connectivity index (χ4n) is 9.17. The Balaban J connectivity index is 1.32. The van der Waals surface area contributed by atoms with Gasteiger partial charge in [0.25, 0.3) is 0 Å². The number of fused-ring (bicyclic) bond motifs is 4. The van der Waals surface area contributed by atoms with Crippen LogP contribution in [-0.2, 0) is 28.5 Å². The highest BCUT2D eigenvalue weighted by Crippen LogP contribution is 2.67. The molecule has 2 saturated heterocycles. The summed E-state index contributed by atoms with van der Waals surface area (Å²) >= 11 is 0. The Kier molecular flexibility index (Phi) is 5.34. The Morgan fingerprint density at radius 2 is 1.72 bits per heavy atom. The molecule has 0 aromatic rings. The Bertz CT molecular complexity index is 1040. The van der Waals surface area contributed by atoms with Crippen molar-refractivity contribution in [3.05, 3.63) is 23.5 Å². The molecule has 0 aromatic heterocycles. The van der Waals surface area contributed by atoms with E-state index >= 15 is 0 Å². The predicted molar refractivity (Wildman–Crippen MR) is 133 cm³/mol. The molecule has 6 rings (SSSR count). The average molecular weight is 499 g/mol. The van der Waals surface area contributed by atoms with Gasteiger partial charge >= 0.3 is 11.9 Å². The van der Waals surface area contributed by atoms with E-state index in [1.54, 1.807) is 6.08 Å². The first-order valence-corrected chi connectivity index (χ1v) is 14.1. The average Bonchev–Trinajstić information content (AvgIpc) is 3.31. The molecule has 0 radical (unpaired) electrons. The first-order chi connectivity index (χ1) is 16.8. The minimum Gasteiger partial charge on any atom is -0.486 e. The van der Waals surface area contributed by atoms with E-state index in [-0.39, 0.29) is 46.8 Å². The maximum Gasteiger partial charge on any atom is 0.335 e. The van der Waals surface area contributed by atoms with Gasteiger partial charge in [-0.15, -0.1) is 0 Å². The monoisotopic (exact) mass is 498 g/mol. The van der Waals surface area contributed by atoms with Gasteiger partial charge in [-0.2, -0.15) is 0 Å². The molecule has 9 unspecified atom stereocenters. The van der Waals surface area contributed by atoms with Gasteiger partial charge in [-0.3, -0.25) is 4.79 Å². The molecule has 0 amide bonds. The van der Waals surface area contributed by atoms with Crippen LogP contribution in [0, 0.1) is 34.5 Å². The van der Waals surface area contributed by atoms with Crippen LogP contribution in [0.4, 0.5) is 0 Å². The second-order valence-electron chi connectivity index (χ2n) is 13.8. The number of rotatable bonds is 0. The second-order valence-corrected chi connectivity index (χ2v) is 13.8. The van der Waals surface area contributed by atoms with E-state index in [0.29, 0.717) is 24.0 Å². The van der Waals surface area contributed by atoms with E-state index in [0.717, 1.165) is 50.5 Å². The predicted octanol–water partition coefficient (Wildman–Crippen LogP) is 5.85. The number of hydrogen-bond acceptors (Lipinski definition) is 6. The number of carbonyl (C=O) groups excluding carboxylic acids is 2. The zero-order valence-corrected chi connectivity index (χ0v) is 22.7. The van der Waals surface area contributed by atoms with E-state index in [9.17, 15) is 9.59 Å². The van der Waals surface area contributed by atoms with Crippen LogP contribution < -0.4 is 0 Å². The van der Waals surface area contributed by atoms with E-state index in [1.165, 1.54) is 0 Å². The van der Waals surface area contributed by atoms with Crippen molar-refractivity contribution >= 4 is 11.9 Å². The largest absolute Gasteiger partial charge is 0.486 e. The standard InChI is InChI=1S/C30H42O6/c1-17-14-30(15-18(2)26(32)36-30)34-23-16-28(5)10-7-8-21-20-12-19(9-11-29(28,6)25(17)23)33-22(20)13-24(31)35-27(21,3)4/h12-13,17-19,21,23,25H,7-11,14-16H2,1-6H3. The molecule has 198 valence electrons. The maximum absolute atomic E-state index is 12.5. The second kappa shape index (κ2) is 7.85. The van der Waals surface area contributed by atoms with Crippen LogP contribution in [0.3, 0.4) is 0 Å². The Labute approximate surface area is 215 Å². The van der Waals surface area contributed by atoms with Crippen molar-refractivity contribution < 1.29 is 28.5 Å². The van der Waals surface area contributed by atoms with Gasteiger partial charge in [0, 0.05) is 24.3 Å². The summed E-state index contributed by atoms with van der Waals surface area (Å²) in [5.74, 6) is 0.397. The normalized spacial score (nSPS) is 49.5. The molecule has 0 aromatic carbocycles. The number of esters is 2. The Hall–Kier alpha value is -1.82. The molecule has 2 bridgehead atoms. The number of ether oxygens (including phenoxy) is 4. The minimum absolute atomic E-state index is 0.0172. The molecule has 6 nitrogen and oxygen atoms in total. The summed E-state index contributed by atoms with van der Waals surface area (Å²) < 4.78 is 24.9. The quantitative estimate of drug-likeness (QED) is 0.390. The molecule has 36 heavy (non-hydrogen) atoms. The maximum atomic E-state index is 12.5. The van der Waals surface area contributed by atoms with Crippen LogP contribution in [0.2, 0.25) is 0 Å². The van der Waals surface area contributed by atoms with Crippen molar-refractivity contribution in [1.82, 2.24) is 0 Å². The summed E-state index contributed by atoms with van der Waals surface area (Å²) in [5.41, 5.74) is 0.770. The molecule has 1 spiro atoms. The van der Waals surface area contributed by atoms with E-state index in [4.69, 9.17) is 18.9 Å². The molecule has 1 saturated carbocycles. The van der Waals surface area contributed by atoms with Gasteiger partial charge in [-0.25, -0.2) is 4.79 Å². The van der Waals surface area contributed by atoms with Crippen molar-refractivity contribution in [3.8, 4) is 0 Å². The van der Waals surface area contributed by atoms with Gasteiger partial charge in [0.2, 0.25) is 5.79 Å². The molecule has 6 aliphatic rings. The molecular weight excluding hydrogens is 456 g/mol. The van der Waals surface area contributed by atoms with Gasteiger partial charge in [-0.1, -0.05) is 34.1 Å². The third kappa shape index (κ3) is 3.53. The van der Waals surface area contributed by atoms with E-state index in [1.807, 2.05) is 20.8 Å². The van der Waals surface area contributed by atoms with Crippen molar-refractivity contribution in [2.45, 2.75) is 117 Å². The summed E-state index contributed by atoms with van der Waals surface area (Å²) in [6.07, 6.45) is 11.4. The summed E-state index contributed by atoms with van der Waals surface area (Å²) in [7, 11) is 0. The third-order valence-electron chi connectivity index (χ3n) is 11.0. The van der Waals surface area contributed by atoms with Gasteiger partial charge in [0.05, 0.1) is 18.1 Å². The highest BCUT2D eigenvalue weighted by molar-refractivity contribution is 5.84. The molecule has 6 heteroatoms. The number of hydrogen-bond donors (Lipinski definition) is 0.